The molecule has 2 aromatic rings. The third-order valence-corrected chi connectivity index (χ3v) is 5.23. The lowest BCUT2D eigenvalue weighted by Crippen LogP contribution is -2.37. The van der Waals surface area contributed by atoms with Gasteiger partial charge in [0, 0.05) is 48.1 Å². The number of ether oxygens (including phenoxy) is 1. The van der Waals surface area contributed by atoms with Gasteiger partial charge in [0.1, 0.15) is 0 Å². The summed E-state index contributed by atoms with van der Waals surface area (Å²) in [7, 11) is 1.58. The van der Waals surface area contributed by atoms with Crippen molar-refractivity contribution in [3.8, 4) is 0 Å². The summed E-state index contributed by atoms with van der Waals surface area (Å²) in [5.74, 6) is -1.27. The van der Waals surface area contributed by atoms with Crippen LogP contribution in [0.25, 0.3) is 0 Å². The number of carbonyl (C=O) groups is 3. The fourth-order valence-corrected chi connectivity index (χ4v) is 3.54. The number of hydrogen-bond acceptors (Lipinski definition) is 5. The van der Waals surface area contributed by atoms with Crippen LogP contribution in [-0.4, -0.2) is 43.3 Å². The minimum Gasteiger partial charge on any atom is -0.430 e. The van der Waals surface area contributed by atoms with Crippen molar-refractivity contribution in [2.75, 3.05) is 18.5 Å². The van der Waals surface area contributed by atoms with Gasteiger partial charge in [-0.1, -0.05) is 41.4 Å². The Labute approximate surface area is 190 Å². The molecule has 0 fully saturated rings. The van der Waals surface area contributed by atoms with Gasteiger partial charge in [-0.05, 0) is 30.7 Å². The molecule has 162 valence electrons. The first-order chi connectivity index (χ1) is 14.8. The SMILES string of the molecule is CC(=O)NCCCC(=O)OC1N=C(c2ccccc2Cl)c2cc(Cl)ccc2N(C)C1=O. The molecule has 0 spiro atoms. The minimum absolute atomic E-state index is 0.0312. The van der Waals surface area contributed by atoms with Gasteiger partial charge in [0.15, 0.2) is 0 Å². The fraction of sp³-hybridized carbons (Fsp3) is 0.273. The van der Waals surface area contributed by atoms with Crippen LogP contribution in [0, 0.1) is 0 Å². The van der Waals surface area contributed by atoms with Crippen molar-refractivity contribution in [3.63, 3.8) is 0 Å². The average Bonchev–Trinajstić information content (AvgIpc) is 2.82. The summed E-state index contributed by atoms with van der Waals surface area (Å²) in [6, 6.07) is 12.1. The van der Waals surface area contributed by atoms with Crippen LogP contribution in [0.5, 0.6) is 0 Å². The topological polar surface area (TPSA) is 88.1 Å². The first-order valence-electron chi connectivity index (χ1n) is 9.62. The van der Waals surface area contributed by atoms with Crippen molar-refractivity contribution in [2.45, 2.75) is 26.0 Å². The van der Waals surface area contributed by atoms with E-state index in [0.29, 0.717) is 45.5 Å². The van der Waals surface area contributed by atoms with Crippen molar-refractivity contribution >= 4 is 52.4 Å². The quantitative estimate of drug-likeness (QED) is 0.525. The number of anilines is 1. The van der Waals surface area contributed by atoms with E-state index in [2.05, 4.69) is 10.3 Å². The number of fused-ring (bicyclic) bond motifs is 1. The Hall–Kier alpha value is -2.90. The predicted molar refractivity (Wildman–Crippen MR) is 120 cm³/mol. The van der Waals surface area contributed by atoms with E-state index in [4.69, 9.17) is 27.9 Å². The van der Waals surface area contributed by atoms with Gasteiger partial charge in [-0.15, -0.1) is 0 Å². The molecule has 0 bridgehead atoms. The van der Waals surface area contributed by atoms with Gasteiger partial charge < -0.3 is 15.0 Å². The smallest absolute Gasteiger partial charge is 0.308 e. The third kappa shape index (κ3) is 5.42. The molecule has 0 aromatic heterocycles. The second-order valence-corrected chi connectivity index (χ2v) is 7.79. The monoisotopic (exact) mass is 461 g/mol. The Morgan fingerprint density at radius 3 is 2.61 bits per heavy atom. The number of nitrogens with zero attached hydrogens (tertiary/aromatic N) is 2. The second-order valence-electron chi connectivity index (χ2n) is 6.95. The van der Waals surface area contributed by atoms with E-state index in [-0.39, 0.29) is 12.3 Å². The van der Waals surface area contributed by atoms with Crippen molar-refractivity contribution < 1.29 is 19.1 Å². The lowest BCUT2D eigenvalue weighted by Gasteiger charge is -2.20. The van der Waals surface area contributed by atoms with Gasteiger partial charge in [-0.2, -0.15) is 0 Å². The maximum absolute atomic E-state index is 13.0. The highest BCUT2D eigenvalue weighted by atomic mass is 35.5. The molecule has 1 N–H and O–H groups in total. The van der Waals surface area contributed by atoms with Crippen molar-refractivity contribution in [1.29, 1.82) is 0 Å². The average molecular weight is 462 g/mol. The first kappa shape index (κ1) is 22.8. The summed E-state index contributed by atoms with van der Waals surface area (Å²) >= 11 is 12.6. The molecule has 0 saturated carbocycles. The van der Waals surface area contributed by atoms with Crippen LogP contribution < -0.4 is 10.2 Å². The molecule has 7 nitrogen and oxygen atoms in total. The van der Waals surface area contributed by atoms with E-state index in [1.165, 1.54) is 11.8 Å². The highest BCUT2D eigenvalue weighted by molar-refractivity contribution is 6.37. The van der Waals surface area contributed by atoms with Gasteiger partial charge in [-0.25, -0.2) is 4.99 Å². The largest absolute Gasteiger partial charge is 0.430 e. The Kier molecular flexibility index (Phi) is 7.30. The number of carbonyl (C=O) groups excluding carboxylic acids is 3. The first-order valence-corrected chi connectivity index (χ1v) is 10.4. The van der Waals surface area contributed by atoms with Gasteiger partial charge in [-0.3, -0.25) is 14.4 Å². The lowest BCUT2D eigenvalue weighted by atomic mass is 10.0. The van der Waals surface area contributed by atoms with Crippen LogP contribution in [0.15, 0.2) is 47.5 Å². The number of rotatable bonds is 6. The number of likely N-dealkylation sites (N-methyl/N-ethyl adjacent to an activating group) is 1. The van der Waals surface area contributed by atoms with E-state index in [9.17, 15) is 14.4 Å². The molecule has 0 saturated heterocycles. The van der Waals surface area contributed by atoms with Crippen LogP contribution in [0.2, 0.25) is 10.0 Å². The Morgan fingerprint density at radius 2 is 1.90 bits per heavy atom. The number of esters is 1. The number of benzene rings is 2. The molecule has 2 aromatic carbocycles. The van der Waals surface area contributed by atoms with Crippen molar-refractivity contribution in [3.05, 3.63) is 63.6 Å². The molecule has 1 aliphatic heterocycles. The zero-order chi connectivity index (χ0) is 22.5. The summed E-state index contributed by atoms with van der Waals surface area (Å²) in [6.45, 7) is 1.73. The van der Waals surface area contributed by atoms with Crippen LogP contribution >= 0.6 is 23.2 Å². The molecule has 31 heavy (non-hydrogen) atoms. The van der Waals surface area contributed by atoms with Crippen LogP contribution in [0.1, 0.15) is 30.9 Å². The summed E-state index contributed by atoms with van der Waals surface area (Å²) in [5, 5.41) is 3.51. The number of benzodiazepines with no additional fused rings is 1. The fourth-order valence-electron chi connectivity index (χ4n) is 3.14. The van der Waals surface area contributed by atoms with Gasteiger partial charge in [0.2, 0.25) is 5.91 Å². The maximum atomic E-state index is 13.0. The van der Waals surface area contributed by atoms with E-state index < -0.39 is 18.1 Å². The van der Waals surface area contributed by atoms with Crippen molar-refractivity contribution in [2.24, 2.45) is 4.99 Å². The van der Waals surface area contributed by atoms with Gasteiger partial charge >= 0.3 is 5.97 Å². The molecule has 1 heterocycles. The zero-order valence-corrected chi connectivity index (χ0v) is 18.5. The summed E-state index contributed by atoms with van der Waals surface area (Å²) in [4.78, 5) is 42.2. The third-order valence-electron chi connectivity index (χ3n) is 4.67. The number of halogens is 2. The molecule has 1 aliphatic rings. The number of hydrogen-bond donors (Lipinski definition) is 1. The van der Waals surface area contributed by atoms with E-state index >= 15 is 0 Å². The Balaban J connectivity index is 1.95. The number of amides is 2. The molecule has 0 aliphatic carbocycles. The lowest BCUT2D eigenvalue weighted by molar-refractivity contribution is -0.154. The second kappa shape index (κ2) is 9.94. The van der Waals surface area contributed by atoms with Crippen LogP contribution in [0.4, 0.5) is 5.69 Å². The molecule has 0 radical (unpaired) electrons. The van der Waals surface area contributed by atoms with E-state index in [1.54, 1.807) is 49.5 Å². The predicted octanol–water partition coefficient (Wildman–Crippen LogP) is 3.59. The summed E-state index contributed by atoms with van der Waals surface area (Å²) in [6.07, 6.45) is -0.967. The van der Waals surface area contributed by atoms with Crippen LogP contribution in [-0.2, 0) is 19.1 Å². The normalized spacial score (nSPS) is 15.6. The minimum atomic E-state index is -1.38. The van der Waals surface area contributed by atoms with Crippen molar-refractivity contribution in [1.82, 2.24) is 5.32 Å². The number of aliphatic imine (C=N–C) groups is 1. The standard InChI is InChI=1S/C22H21Cl2N3O4/c1-13(28)25-11-5-8-19(29)31-21-22(30)27(2)18-10-9-14(23)12-16(18)20(26-21)15-6-3-4-7-17(15)24/h3-4,6-7,9-10,12,21H,5,8,11H2,1-2H3,(H,25,28). The van der Waals surface area contributed by atoms with Gasteiger partial charge in [0.05, 0.1) is 11.4 Å². The maximum Gasteiger partial charge on any atom is 0.308 e. The molecular formula is C22H21Cl2N3O4. The molecule has 1 unspecified atom stereocenters. The zero-order valence-electron chi connectivity index (χ0n) is 17.0. The molecule has 9 heteroatoms. The van der Waals surface area contributed by atoms with E-state index in [1.807, 2.05) is 0 Å². The summed E-state index contributed by atoms with van der Waals surface area (Å²) in [5.41, 5.74) is 2.15. The van der Waals surface area contributed by atoms with Gasteiger partial charge in [0.25, 0.3) is 12.1 Å². The Morgan fingerprint density at radius 1 is 1.16 bits per heavy atom. The highest BCUT2D eigenvalue weighted by Gasteiger charge is 2.33. The molecular weight excluding hydrogens is 441 g/mol. The summed E-state index contributed by atoms with van der Waals surface area (Å²) < 4.78 is 5.41. The van der Waals surface area contributed by atoms with Crippen LogP contribution in [0.3, 0.4) is 0 Å². The molecule has 2 amide bonds. The van der Waals surface area contributed by atoms with E-state index in [0.717, 1.165) is 0 Å². The highest BCUT2D eigenvalue weighted by Crippen LogP contribution is 2.32. The number of nitrogens with one attached hydrogen (secondary N) is 1. The Bertz CT molecular complexity index is 1050. The molecule has 1 atom stereocenters. The molecule has 3 rings (SSSR count).